The summed E-state index contributed by atoms with van der Waals surface area (Å²) in [6.45, 7) is 2.21. The number of hydrogen-bond donors (Lipinski definition) is 2. The Balaban J connectivity index is 1.75. The molecule has 0 spiro atoms. The maximum absolute atomic E-state index is 12.4. The molecule has 2 aromatic rings. The Bertz CT molecular complexity index is 793. The van der Waals surface area contributed by atoms with Crippen LogP contribution in [0.25, 0.3) is 0 Å². The minimum absolute atomic E-state index is 0.0390. The quantitative estimate of drug-likeness (QED) is 0.905. The fourth-order valence-corrected chi connectivity index (χ4v) is 3.63. The molecule has 0 saturated carbocycles. The van der Waals surface area contributed by atoms with Crippen molar-refractivity contribution >= 4 is 23.0 Å². The molecule has 2 aliphatic rings. The standard InChI is InChI=1S/C18H20N4O2/c1-11-13-9-14-16(10-15(13)22(7-8-23)18(11)24)21(2)17(20-14)12-3-5-19-6-4-12/h3-6,9-11,17,20,23H,7-8H2,1-2H3. The van der Waals surface area contributed by atoms with Gasteiger partial charge in [0.25, 0.3) is 0 Å². The Morgan fingerprint density at radius 2 is 2.00 bits per heavy atom. The molecular weight excluding hydrogens is 304 g/mol. The van der Waals surface area contributed by atoms with E-state index in [1.54, 1.807) is 17.3 Å². The van der Waals surface area contributed by atoms with Crippen LogP contribution in [0.15, 0.2) is 36.7 Å². The zero-order valence-electron chi connectivity index (χ0n) is 13.7. The number of rotatable bonds is 3. The number of aliphatic hydroxyl groups excluding tert-OH is 1. The summed E-state index contributed by atoms with van der Waals surface area (Å²) in [5.74, 6) is -0.125. The summed E-state index contributed by atoms with van der Waals surface area (Å²) in [5.41, 5.74) is 5.15. The molecule has 1 amide bonds. The van der Waals surface area contributed by atoms with Gasteiger partial charge < -0.3 is 20.2 Å². The Kier molecular flexibility index (Phi) is 3.42. The van der Waals surface area contributed by atoms with Crippen LogP contribution in [-0.2, 0) is 4.79 Å². The predicted molar refractivity (Wildman–Crippen MR) is 93.3 cm³/mol. The van der Waals surface area contributed by atoms with E-state index in [-0.39, 0.29) is 24.6 Å². The topological polar surface area (TPSA) is 68.7 Å². The fourth-order valence-electron chi connectivity index (χ4n) is 3.63. The number of amides is 1. The molecular formula is C18H20N4O2. The van der Waals surface area contributed by atoms with Crippen LogP contribution < -0.4 is 15.1 Å². The lowest BCUT2D eigenvalue weighted by molar-refractivity contribution is -0.119. The van der Waals surface area contributed by atoms with Crippen molar-refractivity contribution in [3.05, 3.63) is 47.8 Å². The van der Waals surface area contributed by atoms with Crippen molar-refractivity contribution < 1.29 is 9.90 Å². The summed E-state index contributed by atoms with van der Waals surface area (Å²) >= 11 is 0. The van der Waals surface area contributed by atoms with Crippen LogP contribution in [0.1, 0.15) is 30.1 Å². The van der Waals surface area contributed by atoms with Crippen molar-refractivity contribution in [2.24, 2.45) is 0 Å². The van der Waals surface area contributed by atoms with Gasteiger partial charge in [-0.15, -0.1) is 0 Å². The van der Waals surface area contributed by atoms with Crippen LogP contribution in [0.4, 0.5) is 17.1 Å². The van der Waals surface area contributed by atoms with Crippen molar-refractivity contribution in [2.75, 3.05) is 35.3 Å². The summed E-state index contributed by atoms with van der Waals surface area (Å²) in [6, 6.07) is 8.12. The molecule has 2 unspecified atom stereocenters. The van der Waals surface area contributed by atoms with Crippen LogP contribution in [0, 0.1) is 0 Å². The van der Waals surface area contributed by atoms with E-state index in [1.807, 2.05) is 26.1 Å². The molecule has 3 heterocycles. The van der Waals surface area contributed by atoms with E-state index in [2.05, 4.69) is 27.3 Å². The van der Waals surface area contributed by atoms with Crippen molar-refractivity contribution in [1.29, 1.82) is 0 Å². The van der Waals surface area contributed by atoms with E-state index >= 15 is 0 Å². The van der Waals surface area contributed by atoms with E-state index < -0.39 is 0 Å². The summed E-state index contributed by atoms with van der Waals surface area (Å²) < 4.78 is 0. The molecule has 2 aliphatic heterocycles. The third-order valence-electron chi connectivity index (χ3n) is 4.94. The monoisotopic (exact) mass is 324 g/mol. The average molecular weight is 324 g/mol. The number of fused-ring (bicyclic) bond motifs is 2. The van der Waals surface area contributed by atoms with Gasteiger partial charge in [0.05, 0.1) is 23.9 Å². The molecule has 0 fully saturated rings. The molecule has 1 aromatic carbocycles. The first-order valence-electron chi connectivity index (χ1n) is 8.11. The summed E-state index contributed by atoms with van der Waals surface area (Å²) in [6.07, 6.45) is 3.62. The SMILES string of the molecule is CC1C(=O)N(CCO)c2cc3c(cc21)NC(c1ccncc1)N3C. The molecule has 2 N–H and O–H groups in total. The minimum Gasteiger partial charge on any atom is -0.395 e. The van der Waals surface area contributed by atoms with Gasteiger partial charge in [0, 0.05) is 31.7 Å². The molecule has 24 heavy (non-hydrogen) atoms. The number of nitrogens with one attached hydrogen (secondary N) is 1. The maximum Gasteiger partial charge on any atom is 0.234 e. The molecule has 0 aliphatic carbocycles. The Labute approximate surface area is 140 Å². The van der Waals surface area contributed by atoms with E-state index in [4.69, 9.17) is 0 Å². The fraction of sp³-hybridized carbons (Fsp3) is 0.333. The second kappa shape index (κ2) is 5.49. The molecule has 1 aromatic heterocycles. The van der Waals surface area contributed by atoms with Crippen LogP contribution >= 0.6 is 0 Å². The largest absolute Gasteiger partial charge is 0.395 e. The Hall–Kier alpha value is -2.60. The second-order valence-electron chi connectivity index (χ2n) is 6.30. The van der Waals surface area contributed by atoms with Crippen molar-refractivity contribution in [3.63, 3.8) is 0 Å². The number of pyridine rings is 1. The number of aliphatic hydroxyl groups is 1. The third kappa shape index (κ3) is 2.06. The van der Waals surface area contributed by atoms with Gasteiger partial charge in [0.15, 0.2) is 0 Å². The summed E-state index contributed by atoms with van der Waals surface area (Å²) in [5, 5.41) is 12.8. The van der Waals surface area contributed by atoms with Gasteiger partial charge in [0.2, 0.25) is 5.91 Å². The highest BCUT2D eigenvalue weighted by Gasteiger charge is 2.37. The molecule has 6 heteroatoms. The minimum atomic E-state index is -0.177. The molecule has 0 radical (unpaired) electrons. The summed E-state index contributed by atoms with van der Waals surface area (Å²) in [7, 11) is 2.03. The van der Waals surface area contributed by atoms with Gasteiger partial charge in [-0.25, -0.2) is 0 Å². The number of nitrogens with zero attached hydrogens (tertiary/aromatic N) is 3. The lowest BCUT2D eigenvalue weighted by Gasteiger charge is -2.23. The van der Waals surface area contributed by atoms with Gasteiger partial charge in [-0.3, -0.25) is 9.78 Å². The first-order chi connectivity index (χ1) is 11.6. The highest BCUT2D eigenvalue weighted by molar-refractivity contribution is 6.06. The number of carbonyl (C=O) groups is 1. The lowest BCUT2D eigenvalue weighted by atomic mass is 10.0. The number of β-amino-alcohol motifs (C(OH)–C–C–N with tert-alkyl or cyclic N) is 1. The normalized spacial score (nSPS) is 21.7. The van der Waals surface area contributed by atoms with Crippen molar-refractivity contribution in [2.45, 2.75) is 19.0 Å². The van der Waals surface area contributed by atoms with Crippen LogP contribution in [0.3, 0.4) is 0 Å². The van der Waals surface area contributed by atoms with E-state index in [0.29, 0.717) is 6.54 Å². The average Bonchev–Trinajstić information content (AvgIpc) is 3.05. The maximum atomic E-state index is 12.4. The molecule has 124 valence electrons. The predicted octanol–water partition coefficient (Wildman–Crippen LogP) is 2.08. The molecule has 2 atom stereocenters. The van der Waals surface area contributed by atoms with E-state index in [9.17, 15) is 9.90 Å². The van der Waals surface area contributed by atoms with E-state index in [1.165, 1.54) is 0 Å². The van der Waals surface area contributed by atoms with Gasteiger partial charge in [0.1, 0.15) is 6.17 Å². The van der Waals surface area contributed by atoms with Gasteiger partial charge in [-0.1, -0.05) is 0 Å². The van der Waals surface area contributed by atoms with Gasteiger partial charge in [-0.2, -0.15) is 0 Å². The third-order valence-corrected chi connectivity index (χ3v) is 4.94. The smallest absolute Gasteiger partial charge is 0.234 e. The lowest BCUT2D eigenvalue weighted by Crippen LogP contribution is -2.31. The van der Waals surface area contributed by atoms with Crippen molar-refractivity contribution in [3.8, 4) is 0 Å². The van der Waals surface area contributed by atoms with E-state index in [0.717, 1.165) is 28.2 Å². The number of aromatic nitrogens is 1. The van der Waals surface area contributed by atoms with Crippen LogP contribution in [0.2, 0.25) is 0 Å². The highest BCUT2D eigenvalue weighted by atomic mass is 16.3. The molecule has 4 rings (SSSR count). The van der Waals surface area contributed by atoms with Crippen LogP contribution in [-0.4, -0.2) is 36.2 Å². The Morgan fingerprint density at radius 1 is 1.25 bits per heavy atom. The number of benzene rings is 1. The van der Waals surface area contributed by atoms with Gasteiger partial charge in [-0.05, 0) is 42.3 Å². The number of anilines is 3. The molecule has 0 bridgehead atoms. The zero-order chi connectivity index (χ0) is 16.8. The first-order valence-corrected chi connectivity index (χ1v) is 8.11. The highest BCUT2D eigenvalue weighted by Crippen LogP contribution is 2.47. The van der Waals surface area contributed by atoms with Gasteiger partial charge >= 0.3 is 0 Å². The molecule has 0 saturated heterocycles. The van der Waals surface area contributed by atoms with Crippen LogP contribution in [0.5, 0.6) is 0 Å². The zero-order valence-corrected chi connectivity index (χ0v) is 13.7. The second-order valence-corrected chi connectivity index (χ2v) is 6.30. The number of hydrogen-bond acceptors (Lipinski definition) is 5. The Morgan fingerprint density at radius 3 is 2.71 bits per heavy atom. The summed E-state index contributed by atoms with van der Waals surface area (Å²) in [4.78, 5) is 20.3. The number of carbonyl (C=O) groups excluding carboxylic acids is 1. The first kappa shape index (κ1) is 15.0. The molecule has 6 nitrogen and oxygen atoms in total. The van der Waals surface area contributed by atoms with Crippen molar-refractivity contribution in [1.82, 2.24) is 4.98 Å².